The van der Waals surface area contributed by atoms with E-state index < -0.39 is 0 Å². The molecule has 1 aromatic carbocycles. The van der Waals surface area contributed by atoms with Gasteiger partial charge >= 0.3 is 0 Å². The molecule has 0 radical (unpaired) electrons. The Morgan fingerprint density at radius 3 is 2.77 bits per heavy atom. The van der Waals surface area contributed by atoms with E-state index in [0.717, 1.165) is 45.5 Å². The Labute approximate surface area is 165 Å². The van der Waals surface area contributed by atoms with Gasteiger partial charge in [0.2, 0.25) is 5.91 Å². The molecule has 5 nitrogen and oxygen atoms in total. The lowest BCUT2D eigenvalue weighted by Gasteiger charge is -2.31. The molecule has 2 rings (SSSR count). The Balaban J connectivity index is 1.61. The van der Waals surface area contributed by atoms with Crippen molar-refractivity contribution in [2.75, 3.05) is 46.0 Å². The highest BCUT2D eigenvalue weighted by Gasteiger charge is 2.24. The number of carbonyl (C=O) groups excluding carboxylic acids is 1. The van der Waals surface area contributed by atoms with E-state index in [1.54, 1.807) is 18.2 Å². The van der Waals surface area contributed by atoms with Gasteiger partial charge in [0.05, 0.1) is 5.02 Å². The second-order valence-corrected chi connectivity index (χ2v) is 7.22. The van der Waals surface area contributed by atoms with E-state index in [1.165, 1.54) is 0 Å². The van der Waals surface area contributed by atoms with E-state index in [4.69, 9.17) is 32.7 Å². The molecule has 0 aromatic heterocycles. The molecule has 1 heterocycles. The summed E-state index contributed by atoms with van der Waals surface area (Å²) in [6.45, 7) is 7.26. The highest BCUT2D eigenvalue weighted by molar-refractivity contribution is 6.34. The number of ether oxygens (including phenoxy) is 2. The quantitative estimate of drug-likeness (QED) is 0.607. The minimum absolute atomic E-state index is 0.113. The monoisotopic (exact) mass is 402 g/mol. The van der Waals surface area contributed by atoms with Crippen LogP contribution in [0.1, 0.15) is 26.2 Å². The number of hydrogen-bond donors (Lipinski definition) is 1. The van der Waals surface area contributed by atoms with Crippen LogP contribution in [0.2, 0.25) is 10.0 Å². The summed E-state index contributed by atoms with van der Waals surface area (Å²) >= 11 is 12.0. The van der Waals surface area contributed by atoms with Crippen molar-refractivity contribution in [1.82, 2.24) is 10.2 Å². The van der Waals surface area contributed by atoms with Crippen LogP contribution in [0.25, 0.3) is 0 Å². The topological polar surface area (TPSA) is 50.8 Å². The summed E-state index contributed by atoms with van der Waals surface area (Å²) in [4.78, 5) is 14.5. The van der Waals surface area contributed by atoms with Crippen molar-refractivity contribution in [2.24, 2.45) is 5.92 Å². The molecule has 1 N–H and O–H groups in total. The average molecular weight is 403 g/mol. The highest BCUT2D eigenvalue weighted by atomic mass is 35.5. The first kappa shape index (κ1) is 21.3. The fourth-order valence-electron chi connectivity index (χ4n) is 2.97. The summed E-state index contributed by atoms with van der Waals surface area (Å²) in [5.74, 6) is 0.894. The van der Waals surface area contributed by atoms with Crippen LogP contribution in [0.15, 0.2) is 18.2 Å². The molecule has 1 aliphatic heterocycles. The number of likely N-dealkylation sites (tertiary alicyclic amines) is 1. The lowest BCUT2D eigenvalue weighted by Crippen LogP contribution is -2.42. The van der Waals surface area contributed by atoms with Gasteiger partial charge in [0.1, 0.15) is 12.4 Å². The van der Waals surface area contributed by atoms with Crippen molar-refractivity contribution in [1.29, 1.82) is 0 Å². The van der Waals surface area contributed by atoms with Gasteiger partial charge < -0.3 is 14.8 Å². The zero-order chi connectivity index (χ0) is 18.8. The van der Waals surface area contributed by atoms with Crippen LogP contribution in [0.5, 0.6) is 5.75 Å². The lowest BCUT2D eigenvalue weighted by molar-refractivity contribution is -0.126. The molecule has 1 aromatic rings. The molecule has 0 atom stereocenters. The van der Waals surface area contributed by atoms with E-state index in [1.807, 2.05) is 6.92 Å². The van der Waals surface area contributed by atoms with E-state index in [-0.39, 0.29) is 11.8 Å². The van der Waals surface area contributed by atoms with Gasteiger partial charge in [-0.3, -0.25) is 9.69 Å². The zero-order valence-electron chi connectivity index (χ0n) is 15.3. The Hall–Kier alpha value is -1.01. The smallest absolute Gasteiger partial charge is 0.223 e. The summed E-state index contributed by atoms with van der Waals surface area (Å²) < 4.78 is 11.0. The number of hydrogen-bond acceptors (Lipinski definition) is 4. The van der Waals surface area contributed by atoms with Crippen molar-refractivity contribution in [2.45, 2.75) is 26.2 Å². The third-order valence-electron chi connectivity index (χ3n) is 4.49. The fourth-order valence-corrected chi connectivity index (χ4v) is 3.30. The highest BCUT2D eigenvalue weighted by Crippen LogP contribution is 2.27. The van der Waals surface area contributed by atoms with Gasteiger partial charge in [-0.25, -0.2) is 0 Å². The van der Waals surface area contributed by atoms with Crippen LogP contribution in [0, 0.1) is 5.92 Å². The van der Waals surface area contributed by atoms with Gasteiger partial charge in [0.15, 0.2) is 0 Å². The van der Waals surface area contributed by atoms with Crippen LogP contribution in [0.3, 0.4) is 0 Å². The van der Waals surface area contributed by atoms with Crippen LogP contribution in [-0.2, 0) is 9.53 Å². The van der Waals surface area contributed by atoms with Crippen LogP contribution < -0.4 is 10.1 Å². The van der Waals surface area contributed by atoms with E-state index >= 15 is 0 Å². The van der Waals surface area contributed by atoms with Gasteiger partial charge in [0.25, 0.3) is 0 Å². The summed E-state index contributed by atoms with van der Waals surface area (Å²) in [5.41, 5.74) is 0. The number of benzene rings is 1. The standard InChI is InChI=1S/C19H28Cl2N2O3/c1-2-25-12-3-8-22-19(24)15-6-9-23(10-7-15)11-13-26-18-14-16(20)4-5-17(18)21/h4-5,14-15H,2-3,6-13H2,1H3,(H,22,24). The Morgan fingerprint density at radius 1 is 1.27 bits per heavy atom. The molecule has 0 aliphatic carbocycles. The number of amides is 1. The van der Waals surface area contributed by atoms with Crippen molar-refractivity contribution in [3.63, 3.8) is 0 Å². The molecular formula is C19H28Cl2N2O3. The van der Waals surface area contributed by atoms with Crippen LogP contribution in [-0.4, -0.2) is 56.8 Å². The molecular weight excluding hydrogens is 375 g/mol. The normalized spacial score (nSPS) is 15.8. The summed E-state index contributed by atoms with van der Waals surface area (Å²) in [7, 11) is 0. The molecule has 1 amide bonds. The SMILES string of the molecule is CCOCCCNC(=O)C1CCN(CCOc2cc(Cl)ccc2Cl)CC1. The number of halogens is 2. The molecule has 7 heteroatoms. The lowest BCUT2D eigenvalue weighted by atomic mass is 9.96. The maximum absolute atomic E-state index is 12.2. The Bertz CT molecular complexity index is 564. The molecule has 26 heavy (non-hydrogen) atoms. The number of nitrogens with zero attached hydrogens (tertiary/aromatic N) is 1. The first-order chi connectivity index (χ1) is 12.6. The molecule has 1 fully saturated rings. The number of rotatable bonds is 10. The number of nitrogens with one attached hydrogen (secondary N) is 1. The van der Waals surface area contributed by atoms with Crippen molar-refractivity contribution < 1.29 is 14.3 Å². The fraction of sp³-hybridized carbons (Fsp3) is 0.632. The first-order valence-electron chi connectivity index (χ1n) is 9.25. The third kappa shape index (κ3) is 7.31. The van der Waals surface area contributed by atoms with Crippen molar-refractivity contribution in [3.8, 4) is 5.75 Å². The third-order valence-corrected chi connectivity index (χ3v) is 5.03. The van der Waals surface area contributed by atoms with Crippen molar-refractivity contribution >= 4 is 29.1 Å². The van der Waals surface area contributed by atoms with Gasteiger partial charge in [-0.2, -0.15) is 0 Å². The van der Waals surface area contributed by atoms with Gasteiger partial charge in [-0.05, 0) is 51.4 Å². The van der Waals surface area contributed by atoms with E-state index in [9.17, 15) is 4.79 Å². The second-order valence-electron chi connectivity index (χ2n) is 6.38. The van der Waals surface area contributed by atoms with Crippen molar-refractivity contribution in [3.05, 3.63) is 28.2 Å². The molecule has 0 unspecified atom stereocenters. The predicted octanol–water partition coefficient (Wildman–Crippen LogP) is 3.63. The number of carbonyl (C=O) groups is 1. The Kier molecular flexibility index (Phi) is 9.54. The molecule has 1 aliphatic rings. The largest absolute Gasteiger partial charge is 0.491 e. The summed E-state index contributed by atoms with van der Waals surface area (Å²) in [6.07, 6.45) is 2.63. The molecule has 0 bridgehead atoms. The zero-order valence-corrected chi connectivity index (χ0v) is 16.8. The van der Waals surface area contributed by atoms with E-state index in [2.05, 4.69) is 10.2 Å². The Morgan fingerprint density at radius 2 is 2.04 bits per heavy atom. The average Bonchev–Trinajstić information content (AvgIpc) is 2.65. The summed E-state index contributed by atoms with van der Waals surface area (Å²) in [5, 5.41) is 4.19. The minimum Gasteiger partial charge on any atom is -0.491 e. The predicted molar refractivity (Wildman–Crippen MR) is 105 cm³/mol. The maximum atomic E-state index is 12.2. The number of piperidine rings is 1. The molecule has 1 saturated heterocycles. The molecule has 0 spiro atoms. The summed E-state index contributed by atoms with van der Waals surface area (Å²) in [6, 6.07) is 5.20. The second kappa shape index (κ2) is 11.7. The van der Waals surface area contributed by atoms with E-state index in [0.29, 0.717) is 35.6 Å². The van der Waals surface area contributed by atoms with Gasteiger partial charge in [-0.1, -0.05) is 23.2 Å². The van der Waals surface area contributed by atoms with Crippen LogP contribution in [0.4, 0.5) is 0 Å². The van der Waals surface area contributed by atoms with Gasteiger partial charge in [-0.15, -0.1) is 0 Å². The maximum Gasteiger partial charge on any atom is 0.223 e. The van der Waals surface area contributed by atoms with Crippen LogP contribution >= 0.6 is 23.2 Å². The first-order valence-corrected chi connectivity index (χ1v) is 10.0. The molecule has 0 saturated carbocycles. The van der Waals surface area contributed by atoms with Gasteiger partial charge in [0, 0.05) is 43.3 Å². The minimum atomic E-state index is 0.113. The molecule has 146 valence electrons.